The van der Waals surface area contributed by atoms with Crippen LogP contribution in [0.5, 0.6) is 0 Å². The zero-order valence-electron chi connectivity index (χ0n) is 8.55. The molecule has 2 rings (SSSR count). The molecule has 76 valence electrons. The van der Waals surface area contributed by atoms with Crippen molar-refractivity contribution in [1.29, 1.82) is 0 Å². The highest BCUT2D eigenvalue weighted by atomic mass is 19.1. The maximum atomic E-state index is 13.5. The standard InChI is InChI=1S/C11H15FN2/c1-10(2,11(13)5-6-11)9-8(12)4-3-7-14-9/h3-4,7H,5-6,13H2,1-2H3. The number of pyridine rings is 1. The van der Waals surface area contributed by atoms with E-state index in [-0.39, 0.29) is 16.8 Å². The largest absolute Gasteiger partial charge is 0.324 e. The van der Waals surface area contributed by atoms with Gasteiger partial charge in [0.15, 0.2) is 0 Å². The van der Waals surface area contributed by atoms with Crippen molar-refractivity contribution in [2.75, 3.05) is 0 Å². The van der Waals surface area contributed by atoms with Crippen molar-refractivity contribution in [3.8, 4) is 0 Å². The Morgan fingerprint density at radius 3 is 2.64 bits per heavy atom. The second-order valence-electron chi connectivity index (χ2n) is 4.61. The molecule has 14 heavy (non-hydrogen) atoms. The Hall–Kier alpha value is -0.960. The summed E-state index contributed by atoms with van der Waals surface area (Å²) in [6.45, 7) is 3.93. The Morgan fingerprint density at radius 1 is 1.50 bits per heavy atom. The predicted octanol–water partition coefficient (Wildman–Crippen LogP) is 1.99. The molecular formula is C11H15FN2. The highest BCUT2D eigenvalue weighted by molar-refractivity contribution is 5.28. The lowest BCUT2D eigenvalue weighted by Gasteiger charge is -2.31. The van der Waals surface area contributed by atoms with Gasteiger partial charge < -0.3 is 5.73 Å². The van der Waals surface area contributed by atoms with Crippen LogP contribution in [-0.4, -0.2) is 10.5 Å². The van der Waals surface area contributed by atoms with Crippen LogP contribution >= 0.6 is 0 Å². The highest BCUT2D eigenvalue weighted by Gasteiger charge is 2.53. The van der Waals surface area contributed by atoms with Crippen molar-refractivity contribution in [2.45, 2.75) is 37.6 Å². The molecule has 1 aromatic rings. The van der Waals surface area contributed by atoms with Crippen LogP contribution in [0.15, 0.2) is 18.3 Å². The molecule has 0 aliphatic heterocycles. The van der Waals surface area contributed by atoms with Crippen molar-refractivity contribution < 1.29 is 4.39 Å². The SMILES string of the molecule is CC(C)(c1ncccc1F)C1(N)CC1. The van der Waals surface area contributed by atoms with Gasteiger partial charge in [-0.1, -0.05) is 13.8 Å². The molecule has 0 unspecified atom stereocenters. The molecule has 1 heterocycles. The maximum Gasteiger partial charge on any atom is 0.145 e. The maximum absolute atomic E-state index is 13.5. The smallest absolute Gasteiger partial charge is 0.145 e. The molecule has 0 aromatic carbocycles. The van der Waals surface area contributed by atoms with Gasteiger partial charge in [0.25, 0.3) is 0 Å². The van der Waals surface area contributed by atoms with Gasteiger partial charge in [-0.25, -0.2) is 4.39 Å². The third kappa shape index (κ3) is 1.23. The van der Waals surface area contributed by atoms with E-state index in [1.54, 1.807) is 12.3 Å². The minimum absolute atomic E-state index is 0.255. The van der Waals surface area contributed by atoms with E-state index in [0.717, 1.165) is 12.8 Å². The van der Waals surface area contributed by atoms with Crippen LogP contribution in [0.2, 0.25) is 0 Å². The summed E-state index contributed by atoms with van der Waals surface area (Å²) in [5.41, 5.74) is 5.97. The molecule has 3 heteroatoms. The number of rotatable bonds is 2. The molecular weight excluding hydrogens is 179 g/mol. The molecule has 0 radical (unpaired) electrons. The summed E-state index contributed by atoms with van der Waals surface area (Å²) in [6, 6.07) is 3.04. The summed E-state index contributed by atoms with van der Waals surface area (Å²) in [7, 11) is 0. The quantitative estimate of drug-likeness (QED) is 0.782. The fourth-order valence-corrected chi connectivity index (χ4v) is 1.84. The summed E-state index contributed by atoms with van der Waals surface area (Å²) in [5.74, 6) is -0.255. The monoisotopic (exact) mass is 194 g/mol. The molecule has 1 aromatic heterocycles. The van der Waals surface area contributed by atoms with Crippen molar-refractivity contribution in [3.63, 3.8) is 0 Å². The van der Waals surface area contributed by atoms with Crippen molar-refractivity contribution in [1.82, 2.24) is 4.98 Å². The van der Waals surface area contributed by atoms with Gasteiger partial charge in [-0.15, -0.1) is 0 Å². The lowest BCUT2D eigenvalue weighted by molar-refractivity contribution is 0.363. The summed E-state index contributed by atoms with van der Waals surface area (Å²) >= 11 is 0. The number of nitrogens with zero attached hydrogens (tertiary/aromatic N) is 1. The van der Waals surface area contributed by atoms with Crippen molar-refractivity contribution in [3.05, 3.63) is 29.8 Å². The van der Waals surface area contributed by atoms with Gasteiger partial charge in [0.1, 0.15) is 5.82 Å². The predicted molar refractivity (Wildman–Crippen MR) is 53.4 cm³/mol. The Balaban J connectivity index is 2.44. The van der Waals surface area contributed by atoms with E-state index in [4.69, 9.17) is 5.73 Å². The number of hydrogen-bond donors (Lipinski definition) is 1. The Bertz CT molecular complexity index is 356. The van der Waals surface area contributed by atoms with Gasteiger partial charge in [-0.2, -0.15) is 0 Å². The topological polar surface area (TPSA) is 38.9 Å². The first-order valence-corrected chi connectivity index (χ1v) is 4.87. The summed E-state index contributed by atoms with van der Waals surface area (Å²) in [4.78, 5) is 4.10. The van der Waals surface area contributed by atoms with Crippen LogP contribution in [0.1, 0.15) is 32.4 Å². The van der Waals surface area contributed by atoms with E-state index in [0.29, 0.717) is 5.69 Å². The third-order valence-electron chi connectivity index (χ3n) is 3.38. The molecule has 1 fully saturated rings. The zero-order valence-corrected chi connectivity index (χ0v) is 8.55. The molecule has 0 saturated heterocycles. The summed E-state index contributed by atoms with van der Waals surface area (Å²) in [5, 5.41) is 0. The second-order valence-corrected chi connectivity index (χ2v) is 4.61. The minimum atomic E-state index is -0.377. The molecule has 0 spiro atoms. The Morgan fingerprint density at radius 2 is 2.14 bits per heavy atom. The number of aromatic nitrogens is 1. The summed E-state index contributed by atoms with van der Waals surface area (Å²) in [6.07, 6.45) is 3.53. The van der Waals surface area contributed by atoms with Crippen LogP contribution in [0.4, 0.5) is 4.39 Å². The number of halogens is 1. The van der Waals surface area contributed by atoms with E-state index >= 15 is 0 Å². The van der Waals surface area contributed by atoms with E-state index in [2.05, 4.69) is 4.98 Å². The molecule has 0 atom stereocenters. The first-order chi connectivity index (χ1) is 6.47. The molecule has 2 nitrogen and oxygen atoms in total. The van der Waals surface area contributed by atoms with Gasteiger partial charge in [0.2, 0.25) is 0 Å². The molecule has 0 bridgehead atoms. The Labute approximate surface area is 83.3 Å². The van der Waals surface area contributed by atoms with Crippen LogP contribution in [0.25, 0.3) is 0 Å². The lowest BCUT2D eigenvalue weighted by Crippen LogP contribution is -2.44. The van der Waals surface area contributed by atoms with Crippen LogP contribution in [-0.2, 0) is 5.41 Å². The number of nitrogens with two attached hydrogens (primary N) is 1. The first kappa shape index (κ1) is 9.59. The first-order valence-electron chi connectivity index (χ1n) is 4.87. The molecule has 1 aliphatic carbocycles. The minimum Gasteiger partial charge on any atom is -0.324 e. The van der Waals surface area contributed by atoms with Crippen molar-refractivity contribution in [2.24, 2.45) is 5.73 Å². The van der Waals surface area contributed by atoms with Gasteiger partial charge in [0.05, 0.1) is 5.69 Å². The van der Waals surface area contributed by atoms with Gasteiger partial charge in [-0.3, -0.25) is 4.98 Å². The van der Waals surface area contributed by atoms with Gasteiger partial charge in [0, 0.05) is 17.2 Å². The van der Waals surface area contributed by atoms with Crippen molar-refractivity contribution >= 4 is 0 Å². The normalized spacial score (nSPS) is 19.4. The second kappa shape index (κ2) is 2.76. The highest BCUT2D eigenvalue weighted by Crippen LogP contribution is 2.48. The van der Waals surface area contributed by atoms with Gasteiger partial charge >= 0.3 is 0 Å². The van der Waals surface area contributed by atoms with Crippen LogP contribution in [0, 0.1) is 5.82 Å². The van der Waals surface area contributed by atoms with E-state index in [9.17, 15) is 4.39 Å². The average molecular weight is 194 g/mol. The number of hydrogen-bond acceptors (Lipinski definition) is 2. The third-order valence-corrected chi connectivity index (χ3v) is 3.38. The zero-order chi connectivity index (χ0) is 10.4. The van der Waals surface area contributed by atoms with Crippen LogP contribution < -0.4 is 5.73 Å². The Kier molecular flexibility index (Phi) is 1.89. The molecule has 0 amide bonds. The molecule has 2 N–H and O–H groups in total. The van der Waals surface area contributed by atoms with E-state index in [1.807, 2.05) is 13.8 Å². The van der Waals surface area contributed by atoms with Crippen LogP contribution in [0.3, 0.4) is 0 Å². The fourth-order valence-electron chi connectivity index (χ4n) is 1.84. The van der Waals surface area contributed by atoms with E-state index in [1.165, 1.54) is 6.07 Å². The molecule has 1 saturated carbocycles. The van der Waals surface area contributed by atoms with Gasteiger partial charge in [-0.05, 0) is 25.0 Å². The molecule has 1 aliphatic rings. The fraction of sp³-hybridized carbons (Fsp3) is 0.545. The average Bonchev–Trinajstić information content (AvgIpc) is 2.86. The van der Waals surface area contributed by atoms with E-state index < -0.39 is 0 Å². The summed E-state index contributed by atoms with van der Waals surface area (Å²) < 4.78 is 13.5. The lowest BCUT2D eigenvalue weighted by atomic mass is 9.78.